The number of nitrogens with one attached hydrogen (secondary N) is 1. The lowest BCUT2D eigenvalue weighted by molar-refractivity contribution is 0.425. The highest BCUT2D eigenvalue weighted by Gasteiger charge is 2.07. The average molecular weight is 256 g/mol. The second-order valence-electron chi connectivity index (χ2n) is 2.59. The maximum Gasteiger partial charge on any atom is 0.258 e. The fourth-order valence-corrected chi connectivity index (χ4v) is 1.23. The predicted molar refractivity (Wildman–Crippen MR) is 53.0 cm³/mol. The third-order valence-corrected chi connectivity index (χ3v) is 2.11. The molecule has 0 spiro atoms. The smallest absolute Gasteiger partial charge is 0.258 e. The minimum Gasteiger partial charge on any atom is -0.334 e. The first-order valence-electron chi connectivity index (χ1n) is 3.87. The molecular weight excluding hydrogens is 250 g/mol. The third kappa shape index (κ3) is 1.74. The number of rotatable bonds is 2. The maximum atomic E-state index is 11.0. The maximum absolute atomic E-state index is 11.0. The largest absolute Gasteiger partial charge is 0.334 e. The lowest BCUT2D eigenvalue weighted by atomic mass is 10.3. The summed E-state index contributed by atoms with van der Waals surface area (Å²) in [5.41, 5.74) is 0.426. The number of alkyl halides is 1. The number of aromatic amines is 1. The van der Waals surface area contributed by atoms with E-state index in [4.69, 9.17) is 4.52 Å². The van der Waals surface area contributed by atoms with Crippen LogP contribution in [0.5, 0.6) is 0 Å². The summed E-state index contributed by atoms with van der Waals surface area (Å²) in [6, 6.07) is 3.11. The molecule has 0 bridgehead atoms. The number of halogens is 1. The van der Waals surface area contributed by atoms with Gasteiger partial charge in [-0.15, -0.1) is 0 Å². The van der Waals surface area contributed by atoms with Crippen LogP contribution in [0.25, 0.3) is 11.5 Å². The van der Waals surface area contributed by atoms with Crippen molar-refractivity contribution in [1.82, 2.24) is 15.1 Å². The van der Waals surface area contributed by atoms with Gasteiger partial charge in [-0.25, -0.2) is 0 Å². The Morgan fingerprint density at radius 1 is 1.57 bits per heavy atom. The van der Waals surface area contributed by atoms with Crippen molar-refractivity contribution in [3.05, 3.63) is 34.5 Å². The monoisotopic (exact) mass is 255 g/mol. The third-order valence-electron chi connectivity index (χ3n) is 1.61. The van der Waals surface area contributed by atoms with E-state index in [0.29, 0.717) is 22.6 Å². The molecule has 2 heterocycles. The zero-order valence-electron chi connectivity index (χ0n) is 7.03. The Kier molecular flexibility index (Phi) is 2.45. The van der Waals surface area contributed by atoms with Gasteiger partial charge in [0.25, 0.3) is 5.89 Å². The van der Waals surface area contributed by atoms with Gasteiger partial charge in [0.05, 0.1) is 5.33 Å². The molecule has 0 aromatic carbocycles. The highest BCUT2D eigenvalue weighted by Crippen LogP contribution is 2.14. The molecule has 0 fully saturated rings. The van der Waals surface area contributed by atoms with Gasteiger partial charge in [-0.05, 0) is 6.07 Å². The molecule has 0 aliphatic carbocycles. The van der Waals surface area contributed by atoms with Crippen LogP contribution in [0, 0.1) is 0 Å². The zero-order valence-corrected chi connectivity index (χ0v) is 8.61. The lowest BCUT2D eigenvalue weighted by Crippen LogP contribution is -2.02. The Hall–Kier alpha value is -1.43. The number of aromatic nitrogens is 3. The summed E-state index contributed by atoms with van der Waals surface area (Å²) in [6.45, 7) is 0. The Balaban J connectivity index is 2.44. The highest BCUT2D eigenvalue weighted by atomic mass is 79.9. The van der Waals surface area contributed by atoms with Gasteiger partial charge in [-0.3, -0.25) is 4.79 Å². The van der Waals surface area contributed by atoms with E-state index in [9.17, 15) is 4.79 Å². The van der Waals surface area contributed by atoms with Crippen molar-refractivity contribution in [2.75, 3.05) is 0 Å². The van der Waals surface area contributed by atoms with Crippen molar-refractivity contribution in [3.8, 4) is 11.5 Å². The number of nitrogens with zero attached hydrogens (tertiary/aromatic N) is 2. The minimum absolute atomic E-state index is 0.193. The van der Waals surface area contributed by atoms with Crippen LogP contribution in [0.15, 0.2) is 27.6 Å². The first-order chi connectivity index (χ1) is 6.79. The van der Waals surface area contributed by atoms with Crippen LogP contribution < -0.4 is 5.56 Å². The lowest BCUT2D eigenvalue weighted by Gasteiger charge is -1.89. The standard InChI is InChI=1S/C8H6BrN3O2/c9-4-6-11-8(14-12-6)5-1-2-10-7(13)3-5/h1-3H,4H2,(H,10,13). The van der Waals surface area contributed by atoms with E-state index in [2.05, 4.69) is 31.1 Å². The van der Waals surface area contributed by atoms with E-state index in [1.165, 1.54) is 12.3 Å². The summed E-state index contributed by atoms with van der Waals surface area (Å²) < 4.78 is 4.95. The van der Waals surface area contributed by atoms with Gasteiger partial charge < -0.3 is 9.51 Å². The van der Waals surface area contributed by atoms with Gasteiger partial charge >= 0.3 is 0 Å². The molecule has 0 aliphatic rings. The van der Waals surface area contributed by atoms with Crippen LogP contribution in [-0.2, 0) is 5.33 Å². The molecule has 5 nitrogen and oxygen atoms in total. The zero-order chi connectivity index (χ0) is 9.97. The van der Waals surface area contributed by atoms with E-state index < -0.39 is 0 Å². The van der Waals surface area contributed by atoms with E-state index in [1.807, 2.05) is 0 Å². The van der Waals surface area contributed by atoms with Crippen molar-refractivity contribution in [1.29, 1.82) is 0 Å². The topological polar surface area (TPSA) is 71.8 Å². The fourth-order valence-electron chi connectivity index (χ4n) is 1.00. The quantitative estimate of drug-likeness (QED) is 0.822. The molecule has 2 rings (SSSR count). The molecule has 2 aromatic heterocycles. The van der Waals surface area contributed by atoms with Gasteiger partial charge in [0.2, 0.25) is 5.56 Å². The Morgan fingerprint density at radius 2 is 2.43 bits per heavy atom. The Labute approximate surface area is 87.3 Å². The van der Waals surface area contributed by atoms with Crippen molar-refractivity contribution in [2.45, 2.75) is 5.33 Å². The number of pyridine rings is 1. The molecule has 0 radical (unpaired) electrons. The van der Waals surface area contributed by atoms with Crippen LogP contribution >= 0.6 is 15.9 Å². The minimum atomic E-state index is -0.193. The molecular formula is C8H6BrN3O2. The van der Waals surface area contributed by atoms with Gasteiger partial charge in [-0.2, -0.15) is 4.98 Å². The first kappa shape index (κ1) is 9.14. The van der Waals surface area contributed by atoms with Crippen LogP contribution in [0.1, 0.15) is 5.82 Å². The first-order valence-corrected chi connectivity index (χ1v) is 4.99. The number of hydrogen-bond acceptors (Lipinski definition) is 4. The van der Waals surface area contributed by atoms with Crippen molar-refractivity contribution in [3.63, 3.8) is 0 Å². The fraction of sp³-hybridized carbons (Fsp3) is 0.125. The van der Waals surface area contributed by atoms with Crippen molar-refractivity contribution in [2.24, 2.45) is 0 Å². The molecule has 6 heteroatoms. The Morgan fingerprint density at radius 3 is 3.07 bits per heavy atom. The van der Waals surface area contributed by atoms with Gasteiger partial charge in [0.15, 0.2) is 5.82 Å². The van der Waals surface area contributed by atoms with Crippen LogP contribution in [-0.4, -0.2) is 15.1 Å². The van der Waals surface area contributed by atoms with Crippen LogP contribution in [0.4, 0.5) is 0 Å². The van der Waals surface area contributed by atoms with Gasteiger partial charge in [0.1, 0.15) is 0 Å². The number of hydrogen-bond donors (Lipinski definition) is 1. The summed E-state index contributed by atoms with van der Waals surface area (Å²) in [4.78, 5) is 17.6. The van der Waals surface area contributed by atoms with Gasteiger partial charge in [0, 0.05) is 17.8 Å². The van der Waals surface area contributed by atoms with Crippen LogP contribution in [0.2, 0.25) is 0 Å². The molecule has 72 valence electrons. The normalized spacial score (nSPS) is 10.4. The average Bonchev–Trinajstić information content (AvgIpc) is 2.66. The van der Waals surface area contributed by atoms with E-state index >= 15 is 0 Å². The number of H-pyrrole nitrogens is 1. The van der Waals surface area contributed by atoms with Crippen molar-refractivity contribution >= 4 is 15.9 Å². The van der Waals surface area contributed by atoms with E-state index in [-0.39, 0.29) is 5.56 Å². The molecule has 2 aromatic rings. The summed E-state index contributed by atoms with van der Waals surface area (Å²) in [5, 5.41) is 4.22. The molecule has 0 saturated heterocycles. The van der Waals surface area contributed by atoms with Gasteiger partial charge in [-0.1, -0.05) is 21.1 Å². The molecule has 14 heavy (non-hydrogen) atoms. The predicted octanol–water partition coefficient (Wildman–Crippen LogP) is 1.32. The van der Waals surface area contributed by atoms with Crippen LogP contribution in [0.3, 0.4) is 0 Å². The molecule has 0 saturated carbocycles. The molecule has 0 atom stereocenters. The molecule has 0 amide bonds. The van der Waals surface area contributed by atoms with Crippen molar-refractivity contribution < 1.29 is 4.52 Å². The molecule has 1 N–H and O–H groups in total. The van der Waals surface area contributed by atoms with E-state index in [1.54, 1.807) is 6.07 Å². The highest BCUT2D eigenvalue weighted by molar-refractivity contribution is 9.08. The summed E-state index contributed by atoms with van der Waals surface area (Å²) in [5.74, 6) is 0.908. The summed E-state index contributed by atoms with van der Waals surface area (Å²) in [6.07, 6.45) is 1.54. The van der Waals surface area contributed by atoms with E-state index in [0.717, 1.165) is 0 Å². The second kappa shape index (κ2) is 3.75. The Bertz CT molecular complexity index is 491. The second-order valence-corrected chi connectivity index (χ2v) is 3.15. The summed E-state index contributed by atoms with van der Waals surface area (Å²) >= 11 is 3.20. The SMILES string of the molecule is O=c1cc(-c2nc(CBr)no2)cc[nH]1. The summed E-state index contributed by atoms with van der Waals surface area (Å²) in [7, 11) is 0. The molecule has 0 aliphatic heterocycles. The molecule has 0 unspecified atom stereocenters.